The van der Waals surface area contributed by atoms with Crippen molar-refractivity contribution < 1.29 is 20.2 Å². The van der Waals surface area contributed by atoms with Crippen molar-refractivity contribution >= 4 is 11.5 Å². The summed E-state index contributed by atoms with van der Waals surface area (Å²) in [6.45, 7) is 6.65. The Balaban J connectivity index is 2.16. The van der Waals surface area contributed by atoms with E-state index in [9.17, 15) is 20.2 Å². The van der Waals surface area contributed by atoms with E-state index in [-0.39, 0.29) is 24.8 Å². The van der Waals surface area contributed by atoms with Gasteiger partial charge in [-0.1, -0.05) is 17.7 Å². The highest BCUT2D eigenvalue weighted by Gasteiger charge is 2.53. The topological polar surface area (TPSA) is 84.2 Å². The van der Waals surface area contributed by atoms with E-state index in [2.05, 4.69) is 0 Å². The van der Waals surface area contributed by atoms with Crippen LogP contribution in [0.2, 0.25) is 0 Å². The summed E-state index contributed by atoms with van der Waals surface area (Å²) < 4.78 is 0. The second-order valence-corrected chi connectivity index (χ2v) is 7.16. The summed E-state index contributed by atoms with van der Waals surface area (Å²) in [4.78, 5) is 14.8. The Bertz CT molecular complexity index is 710. The minimum Gasteiger partial charge on any atom is -0.509 e. The summed E-state index contributed by atoms with van der Waals surface area (Å²) in [5.41, 5.74) is 3.30. The number of β-amino-alcohol motifs (C(OH)–C–C–N with tert-alkyl or cyclic N) is 1. The molecule has 3 N–H and O–H groups in total. The lowest BCUT2D eigenvalue weighted by atomic mass is 9.84. The molecule has 0 aliphatic carbocycles. The van der Waals surface area contributed by atoms with E-state index in [0.29, 0.717) is 31.5 Å². The van der Waals surface area contributed by atoms with Gasteiger partial charge in [-0.05, 0) is 50.3 Å². The summed E-state index contributed by atoms with van der Waals surface area (Å²) in [5, 5.41) is 31.5. The molecular formula is C19H26N2O4. The maximum absolute atomic E-state index is 13.2. The zero-order chi connectivity index (χ0) is 18.4. The SMILES string of the molecule is Cc1cc(C)c(C2=C(O)C3(CCN(O)CC3)N(CCO)C2=O)c(C)c1. The molecule has 0 saturated carbocycles. The fraction of sp³-hybridized carbons (Fsp3) is 0.526. The van der Waals surface area contributed by atoms with E-state index in [4.69, 9.17) is 0 Å². The van der Waals surface area contributed by atoms with Gasteiger partial charge in [-0.2, -0.15) is 5.06 Å². The van der Waals surface area contributed by atoms with Gasteiger partial charge >= 0.3 is 0 Å². The number of piperidine rings is 1. The van der Waals surface area contributed by atoms with Crippen LogP contribution in [0.4, 0.5) is 0 Å². The highest BCUT2D eigenvalue weighted by molar-refractivity contribution is 6.23. The highest BCUT2D eigenvalue weighted by Crippen LogP contribution is 2.46. The molecule has 2 aliphatic heterocycles. The van der Waals surface area contributed by atoms with Gasteiger partial charge in [0, 0.05) is 19.6 Å². The van der Waals surface area contributed by atoms with E-state index in [1.54, 1.807) is 4.90 Å². The first kappa shape index (κ1) is 17.9. The Kier molecular flexibility index (Phi) is 4.62. The van der Waals surface area contributed by atoms with Crippen LogP contribution in [0.25, 0.3) is 5.57 Å². The average molecular weight is 346 g/mol. The maximum atomic E-state index is 13.2. The lowest BCUT2D eigenvalue weighted by molar-refractivity contribution is -0.145. The van der Waals surface area contributed by atoms with Crippen LogP contribution >= 0.6 is 0 Å². The van der Waals surface area contributed by atoms with Gasteiger partial charge < -0.3 is 20.3 Å². The second kappa shape index (κ2) is 6.44. The molecule has 2 aliphatic rings. The van der Waals surface area contributed by atoms with Crippen LogP contribution in [0.5, 0.6) is 0 Å². The summed E-state index contributed by atoms with van der Waals surface area (Å²) in [6, 6.07) is 4.02. The van der Waals surface area contributed by atoms with Crippen LogP contribution in [0.3, 0.4) is 0 Å². The summed E-state index contributed by atoms with van der Waals surface area (Å²) in [7, 11) is 0. The average Bonchev–Trinajstić information content (AvgIpc) is 2.73. The Labute approximate surface area is 147 Å². The zero-order valence-corrected chi connectivity index (χ0v) is 15.0. The number of aryl methyl sites for hydroxylation is 3. The van der Waals surface area contributed by atoms with Crippen molar-refractivity contribution in [1.29, 1.82) is 0 Å². The number of carbonyl (C=O) groups excluding carboxylic acids is 1. The molecule has 1 spiro atoms. The predicted molar refractivity (Wildman–Crippen MR) is 94.3 cm³/mol. The molecule has 3 rings (SSSR count). The van der Waals surface area contributed by atoms with Crippen molar-refractivity contribution in [3.05, 3.63) is 40.1 Å². The third kappa shape index (κ3) is 2.74. The van der Waals surface area contributed by atoms with Crippen LogP contribution in [0, 0.1) is 20.8 Å². The quantitative estimate of drug-likeness (QED) is 0.779. The monoisotopic (exact) mass is 346 g/mol. The first-order valence-electron chi connectivity index (χ1n) is 8.70. The smallest absolute Gasteiger partial charge is 0.258 e. The van der Waals surface area contributed by atoms with Crippen LogP contribution in [-0.4, -0.2) is 63.1 Å². The fourth-order valence-electron chi connectivity index (χ4n) is 4.38. The van der Waals surface area contributed by atoms with Gasteiger partial charge in [-0.3, -0.25) is 4.79 Å². The third-order valence-corrected chi connectivity index (χ3v) is 5.47. The molecule has 2 heterocycles. The summed E-state index contributed by atoms with van der Waals surface area (Å²) in [5.74, 6) is -0.165. The van der Waals surface area contributed by atoms with Crippen molar-refractivity contribution in [3.8, 4) is 0 Å². The molecule has 1 amide bonds. The second-order valence-electron chi connectivity index (χ2n) is 7.16. The molecule has 0 radical (unpaired) electrons. The molecule has 1 aromatic carbocycles. The van der Waals surface area contributed by atoms with Crippen molar-refractivity contribution in [2.45, 2.75) is 39.2 Å². The van der Waals surface area contributed by atoms with E-state index in [1.807, 2.05) is 32.9 Å². The zero-order valence-electron chi connectivity index (χ0n) is 15.0. The van der Waals surface area contributed by atoms with Crippen molar-refractivity contribution in [2.24, 2.45) is 0 Å². The number of hydroxylamine groups is 2. The molecule has 136 valence electrons. The molecule has 1 aromatic rings. The molecule has 1 fully saturated rings. The van der Waals surface area contributed by atoms with Crippen LogP contribution in [0.1, 0.15) is 35.1 Å². The molecule has 0 atom stereocenters. The number of hydrogen-bond acceptors (Lipinski definition) is 5. The van der Waals surface area contributed by atoms with Crippen molar-refractivity contribution in [2.75, 3.05) is 26.2 Å². The molecule has 0 bridgehead atoms. The fourth-order valence-corrected chi connectivity index (χ4v) is 4.38. The Morgan fingerprint density at radius 3 is 2.20 bits per heavy atom. The summed E-state index contributed by atoms with van der Waals surface area (Å²) >= 11 is 0. The molecule has 0 unspecified atom stereocenters. The van der Waals surface area contributed by atoms with Gasteiger partial charge in [0.25, 0.3) is 5.91 Å². The lowest BCUT2D eigenvalue weighted by Crippen LogP contribution is -2.55. The van der Waals surface area contributed by atoms with Crippen LogP contribution in [-0.2, 0) is 4.79 Å². The number of nitrogens with zero attached hydrogens (tertiary/aromatic N) is 2. The number of aliphatic hydroxyl groups excluding tert-OH is 2. The van der Waals surface area contributed by atoms with Crippen molar-refractivity contribution in [3.63, 3.8) is 0 Å². The predicted octanol–water partition coefficient (Wildman–Crippen LogP) is 1.94. The molecule has 25 heavy (non-hydrogen) atoms. The highest BCUT2D eigenvalue weighted by atomic mass is 16.5. The Morgan fingerprint density at radius 2 is 1.68 bits per heavy atom. The lowest BCUT2D eigenvalue weighted by Gasteiger charge is -2.43. The normalized spacial score (nSPS) is 20.8. The number of amides is 1. The molecule has 1 saturated heterocycles. The van der Waals surface area contributed by atoms with Gasteiger partial charge in [0.2, 0.25) is 0 Å². The first-order chi connectivity index (χ1) is 11.8. The van der Waals surface area contributed by atoms with Crippen LogP contribution in [0.15, 0.2) is 17.9 Å². The molecular weight excluding hydrogens is 320 g/mol. The van der Waals surface area contributed by atoms with E-state index >= 15 is 0 Å². The molecule has 6 heteroatoms. The van der Waals surface area contributed by atoms with Crippen molar-refractivity contribution in [1.82, 2.24) is 9.96 Å². The standard InChI is InChI=1S/C19H26N2O4/c1-12-10-13(2)15(14(3)11-12)16-17(23)19(4-6-20(25)7-5-19)21(8-9-22)18(16)24/h10-11,22-23,25H,4-9H2,1-3H3. The minimum absolute atomic E-state index is 0.0779. The van der Waals surface area contributed by atoms with E-state index < -0.39 is 5.54 Å². The number of rotatable bonds is 3. The van der Waals surface area contributed by atoms with Gasteiger partial charge in [0.1, 0.15) is 11.3 Å². The maximum Gasteiger partial charge on any atom is 0.258 e. The molecule has 0 aromatic heterocycles. The third-order valence-electron chi connectivity index (χ3n) is 5.47. The van der Waals surface area contributed by atoms with Gasteiger partial charge in [-0.15, -0.1) is 0 Å². The van der Waals surface area contributed by atoms with Gasteiger partial charge in [0.15, 0.2) is 0 Å². The van der Waals surface area contributed by atoms with E-state index in [0.717, 1.165) is 22.3 Å². The van der Waals surface area contributed by atoms with Gasteiger partial charge in [-0.25, -0.2) is 0 Å². The number of hydrogen-bond donors (Lipinski definition) is 3. The van der Waals surface area contributed by atoms with Crippen LogP contribution < -0.4 is 0 Å². The summed E-state index contributed by atoms with van der Waals surface area (Å²) in [6.07, 6.45) is 0.878. The largest absolute Gasteiger partial charge is 0.509 e. The molecule has 6 nitrogen and oxygen atoms in total. The number of carbonyl (C=O) groups is 1. The number of benzene rings is 1. The van der Waals surface area contributed by atoms with Gasteiger partial charge in [0.05, 0.1) is 12.2 Å². The Morgan fingerprint density at radius 1 is 1.12 bits per heavy atom. The first-order valence-corrected chi connectivity index (χ1v) is 8.70. The Hall–Kier alpha value is -1.89. The minimum atomic E-state index is -0.835. The number of aliphatic hydroxyl groups is 2. The van der Waals surface area contributed by atoms with E-state index in [1.165, 1.54) is 5.06 Å².